The molecule has 0 aliphatic rings. The Morgan fingerprint density at radius 1 is 0.612 bits per heavy atom. The van der Waals surface area contributed by atoms with Crippen LogP contribution in [0.2, 0.25) is 17.3 Å². The average molecular weight is 1110 g/mol. The first kappa shape index (κ1) is 47.6. The molecule has 10 rings (SSSR count). The van der Waals surface area contributed by atoms with Crippen molar-refractivity contribution in [2.45, 2.75) is 83.0 Å². The van der Waals surface area contributed by atoms with Crippen LogP contribution in [0.25, 0.3) is 83.6 Å². The van der Waals surface area contributed by atoms with Crippen molar-refractivity contribution in [3.63, 3.8) is 0 Å². The van der Waals surface area contributed by atoms with Crippen LogP contribution in [0, 0.1) is 12.1 Å². The molecule has 1 radical (unpaired) electrons. The molecular weight excluding hydrogens is 1060 g/mol. The van der Waals surface area contributed by atoms with Crippen LogP contribution < -0.4 is 4.40 Å². The van der Waals surface area contributed by atoms with Crippen LogP contribution in [0.1, 0.15) is 77.0 Å². The predicted molar refractivity (Wildman–Crippen MR) is 282 cm³/mol. The molecule has 0 bridgehead atoms. The van der Waals surface area contributed by atoms with Gasteiger partial charge in [-0.1, -0.05) is 150 Å². The summed E-state index contributed by atoms with van der Waals surface area (Å²) in [7, 11) is 0. The van der Waals surface area contributed by atoms with Gasteiger partial charge >= 0.3 is 99.8 Å². The summed E-state index contributed by atoms with van der Waals surface area (Å²) in [5.74, 6) is 8.61. The number of rotatable bonds is 8. The molecule has 0 amide bonds. The Balaban J connectivity index is 0.000000303. The SMILES string of the molecule is CC(C)c1cc(C(C)(C)C)cc(C(C)C)c1-n1c(-c2[c-]ccc3c2oc2cc(-c4ccc(-c5ccccc5)cc4)ccc23)nc2ccccc21.[CH3][Ge]([CH3])([CH3])[c]1ccc(-c2[c-]cccc2)nc1.[Ir]. The van der Waals surface area contributed by atoms with Crippen molar-refractivity contribution in [2.75, 3.05) is 0 Å². The van der Waals surface area contributed by atoms with Crippen LogP contribution in [0.3, 0.4) is 0 Å². The van der Waals surface area contributed by atoms with Crippen molar-refractivity contribution in [3.8, 4) is 50.6 Å². The average Bonchev–Trinajstić information content (AvgIpc) is 3.90. The Bertz CT molecular complexity index is 3270. The molecule has 6 heteroatoms. The monoisotopic (exact) mass is 1120 g/mol. The van der Waals surface area contributed by atoms with Gasteiger partial charge in [0.2, 0.25) is 0 Å². The number of benzene rings is 7. The molecular formula is C61H59GeIrN3O-2. The molecule has 3 heterocycles. The van der Waals surface area contributed by atoms with E-state index in [1.54, 1.807) is 0 Å². The van der Waals surface area contributed by atoms with E-state index < -0.39 is 13.3 Å². The first-order chi connectivity index (χ1) is 31.7. The van der Waals surface area contributed by atoms with Crippen LogP contribution >= 0.6 is 0 Å². The normalized spacial score (nSPS) is 11.9. The number of fused-ring (bicyclic) bond motifs is 4. The molecule has 0 saturated heterocycles. The van der Waals surface area contributed by atoms with Gasteiger partial charge in [-0.15, -0.1) is 18.2 Å². The molecule has 0 aliphatic carbocycles. The third kappa shape index (κ3) is 9.79. The van der Waals surface area contributed by atoms with Gasteiger partial charge in [0.25, 0.3) is 0 Å². The number of hydrogen-bond donors (Lipinski definition) is 0. The van der Waals surface area contributed by atoms with E-state index in [4.69, 9.17) is 9.40 Å². The van der Waals surface area contributed by atoms with E-state index in [-0.39, 0.29) is 25.5 Å². The second-order valence-electron chi connectivity index (χ2n) is 20.1. The summed E-state index contributed by atoms with van der Waals surface area (Å²) in [6.45, 7) is 16.1. The van der Waals surface area contributed by atoms with Gasteiger partial charge in [-0.3, -0.25) is 4.98 Å². The summed E-state index contributed by atoms with van der Waals surface area (Å²) in [6, 6.07) is 62.3. The first-order valence-electron chi connectivity index (χ1n) is 23.3. The summed E-state index contributed by atoms with van der Waals surface area (Å²) in [5.41, 5.74) is 16.6. The van der Waals surface area contributed by atoms with Gasteiger partial charge in [0, 0.05) is 31.2 Å². The molecule has 67 heavy (non-hydrogen) atoms. The van der Waals surface area contributed by atoms with Gasteiger partial charge in [-0.2, -0.15) is 0 Å². The Hall–Kier alpha value is -5.85. The fourth-order valence-electron chi connectivity index (χ4n) is 8.79. The minimum atomic E-state index is -1.72. The summed E-state index contributed by atoms with van der Waals surface area (Å²) in [6.07, 6.45) is 2.04. The van der Waals surface area contributed by atoms with Crippen molar-refractivity contribution in [2.24, 2.45) is 0 Å². The molecule has 0 saturated carbocycles. The number of hydrogen-bond acceptors (Lipinski definition) is 3. The van der Waals surface area contributed by atoms with Crippen LogP contribution in [-0.2, 0) is 25.5 Å². The van der Waals surface area contributed by atoms with Gasteiger partial charge in [0.15, 0.2) is 0 Å². The van der Waals surface area contributed by atoms with E-state index in [2.05, 4.69) is 215 Å². The smallest absolute Gasteiger partial charge is 0 e. The second kappa shape index (κ2) is 19.4. The molecule has 0 unspecified atom stereocenters. The summed E-state index contributed by atoms with van der Waals surface area (Å²) in [4.78, 5) is 9.85. The zero-order valence-electron chi connectivity index (χ0n) is 40.3. The van der Waals surface area contributed by atoms with Crippen LogP contribution in [0.5, 0.6) is 0 Å². The van der Waals surface area contributed by atoms with E-state index in [1.165, 1.54) is 37.9 Å². The second-order valence-corrected chi connectivity index (χ2v) is 30.8. The zero-order chi connectivity index (χ0) is 46.3. The first-order valence-corrected chi connectivity index (χ1v) is 30.6. The van der Waals surface area contributed by atoms with Crippen LogP contribution in [0.15, 0.2) is 168 Å². The molecule has 0 spiro atoms. The van der Waals surface area contributed by atoms with Crippen molar-refractivity contribution in [3.05, 3.63) is 193 Å². The largest absolute Gasteiger partial charge is 0 e. The molecule has 3 aromatic heterocycles. The van der Waals surface area contributed by atoms with Gasteiger partial charge in [0.05, 0.1) is 22.4 Å². The Morgan fingerprint density at radius 2 is 1.24 bits per heavy atom. The van der Waals surface area contributed by atoms with Crippen molar-refractivity contribution < 1.29 is 24.5 Å². The summed E-state index contributed by atoms with van der Waals surface area (Å²) < 4.78 is 10.6. The van der Waals surface area contributed by atoms with Crippen molar-refractivity contribution in [1.29, 1.82) is 0 Å². The number of imidazole rings is 1. The third-order valence-electron chi connectivity index (χ3n) is 12.7. The number of para-hydroxylation sites is 2. The Labute approximate surface area is 413 Å². The van der Waals surface area contributed by atoms with Crippen molar-refractivity contribution in [1.82, 2.24) is 14.5 Å². The quantitative estimate of drug-likeness (QED) is 0.112. The van der Waals surface area contributed by atoms with Gasteiger partial charge < -0.3 is 8.98 Å². The molecule has 7 aromatic carbocycles. The summed E-state index contributed by atoms with van der Waals surface area (Å²) in [5, 5.41) is 2.15. The van der Waals surface area contributed by atoms with Crippen LogP contribution in [0.4, 0.5) is 0 Å². The molecule has 0 N–H and O–H groups in total. The fraction of sp³-hybridized carbons (Fsp3) is 0.213. The maximum Gasteiger partial charge on any atom is 0 e. The number of pyridine rings is 1. The Morgan fingerprint density at radius 3 is 1.85 bits per heavy atom. The zero-order valence-corrected chi connectivity index (χ0v) is 44.8. The maximum atomic E-state index is 6.81. The van der Waals surface area contributed by atoms with Crippen molar-refractivity contribution >= 4 is 50.6 Å². The molecule has 10 aromatic rings. The fourth-order valence-corrected chi connectivity index (χ4v) is 11.0. The topological polar surface area (TPSA) is 43.9 Å². The maximum absolute atomic E-state index is 6.81. The minimum absolute atomic E-state index is 0. The van der Waals surface area contributed by atoms with Gasteiger partial charge in [-0.25, -0.2) is 0 Å². The van der Waals surface area contributed by atoms with E-state index in [1.807, 2.05) is 36.5 Å². The minimum Gasteiger partial charge on any atom is 0 e. The Kier molecular flexibility index (Phi) is 13.8. The van der Waals surface area contributed by atoms with E-state index >= 15 is 0 Å². The van der Waals surface area contributed by atoms with Crippen LogP contribution in [-0.4, -0.2) is 27.8 Å². The van der Waals surface area contributed by atoms with Gasteiger partial charge in [0.1, 0.15) is 5.58 Å². The van der Waals surface area contributed by atoms with E-state index in [0.29, 0.717) is 11.8 Å². The molecule has 4 nitrogen and oxygen atoms in total. The molecule has 0 aliphatic heterocycles. The van der Waals surface area contributed by atoms with Gasteiger partial charge in [-0.05, 0) is 74.4 Å². The molecule has 0 atom stereocenters. The number of nitrogens with zero attached hydrogens (tertiary/aromatic N) is 3. The number of aromatic nitrogens is 3. The van der Waals surface area contributed by atoms with E-state index in [0.717, 1.165) is 66.7 Å². The summed E-state index contributed by atoms with van der Waals surface area (Å²) >= 11 is -1.72. The predicted octanol–water partition coefficient (Wildman–Crippen LogP) is 16.4. The van der Waals surface area contributed by atoms with E-state index in [9.17, 15) is 0 Å². The third-order valence-corrected chi connectivity index (χ3v) is 16.9. The standard InChI is InChI=1S/C47H43N2O.C14H16GeN.Ir/c1-29(2)39-27-35(47(5,6)7)28-40(30(3)4)44(39)49-42-19-12-11-18-41(42)48-46(49)38-17-13-16-37-36-25-24-34(26-43(36)50-45(37)38)33-22-20-32(21-23-33)31-14-9-8-10-15-31;1-15(2,3)13-9-10-14(16-11-13)12-7-5-4-6-8-12;/h8-16,18-30H,1-7H3;4-7,9-11H,1-3H3;/q2*-1;. The number of furan rings is 1. The molecule has 339 valence electrons. The molecule has 0 fully saturated rings.